The Bertz CT molecular complexity index is 2710. The summed E-state index contributed by atoms with van der Waals surface area (Å²) in [5.74, 6) is -0.401. The van der Waals surface area contributed by atoms with Crippen LogP contribution in [0.4, 0.5) is 11.4 Å². The van der Waals surface area contributed by atoms with Crippen molar-refractivity contribution in [1.82, 2.24) is 24.5 Å². The summed E-state index contributed by atoms with van der Waals surface area (Å²) in [6.45, 7) is 12.3. The van der Waals surface area contributed by atoms with E-state index in [0.717, 1.165) is 87.2 Å². The average Bonchev–Trinajstić information content (AvgIpc) is 3.75. The highest BCUT2D eigenvalue weighted by molar-refractivity contribution is 7.90. The second kappa shape index (κ2) is 18.2. The van der Waals surface area contributed by atoms with Gasteiger partial charge in [0.2, 0.25) is 0 Å². The molecule has 0 radical (unpaired) electrons. The van der Waals surface area contributed by atoms with Gasteiger partial charge < -0.3 is 24.1 Å². The van der Waals surface area contributed by atoms with Gasteiger partial charge in [-0.2, -0.15) is 0 Å². The van der Waals surface area contributed by atoms with Gasteiger partial charge in [0.05, 0.1) is 47.0 Å². The van der Waals surface area contributed by atoms with Crippen molar-refractivity contribution in [1.29, 1.82) is 0 Å². The van der Waals surface area contributed by atoms with Gasteiger partial charge in [-0.3, -0.25) is 24.7 Å². The fraction of sp³-hybridized carbons (Fsp3) is 0.404. The van der Waals surface area contributed by atoms with E-state index < -0.39 is 25.7 Å². The number of benzene rings is 3. The summed E-state index contributed by atoms with van der Waals surface area (Å²) in [5.41, 5.74) is 5.70. The number of hydrogen-bond acceptors (Lipinski definition) is 12. The molecule has 5 aromatic rings. The minimum atomic E-state index is -4.63. The van der Waals surface area contributed by atoms with Crippen molar-refractivity contribution in [2.45, 2.75) is 44.4 Å². The number of ether oxygens (including phenoxy) is 3. The number of sulfonamides is 1. The Morgan fingerprint density at radius 1 is 1.02 bits per heavy atom. The van der Waals surface area contributed by atoms with Crippen molar-refractivity contribution >= 4 is 55.5 Å². The third-order valence-corrected chi connectivity index (χ3v) is 14.4. The number of H-pyrrole nitrogens is 1. The third kappa shape index (κ3) is 9.76. The number of amides is 1. The number of hydrogen-bond donors (Lipinski definition) is 2. The number of anilines is 1. The van der Waals surface area contributed by atoms with Gasteiger partial charge in [-0.1, -0.05) is 43.2 Å². The number of nitro groups is 1. The summed E-state index contributed by atoms with van der Waals surface area (Å²) in [6.07, 6.45) is 6.83. The van der Waals surface area contributed by atoms with Crippen molar-refractivity contribution in [3.63, 3.8) is 0 Å². The first-order valence-corrected chi connectivity index (χ1v) is 23.6. The number of carbonyl (C=O) groups excluding carboxylic acids is 1. The van der Waals surface area contributed by atoms with Gasteiger partial charge >= 0.3 is 0 Å². The van der Waals surface area contributed by atoms with Crippen LogP contribution in [0.3, 0.4) is 0 Å². The van der Waals surface area contributed by atoms with E-state index in [9.17, 15) is 23.3 Å². The molecule has 2 aromatic heterocycles. The molecule has 2 saturated heterocycles. The van der Waals surface area contributed by atoms with Gasteiger partial charge in [-0.25, -0.2) is 18.1 Å². The maximum atomic E-state index is 14.1. The molecule has 0 spiro atoms. The van der Waals surface area contributed by atoms with Crippen LogP contribution in [-0.4, -0.2) is 111 Å². The van der Waals surface area contributed by atoms with Crippen LogP contribution in [0, 0.1) is 21.4 Å². The van der Waals surface area contributed by atoms with Gasteiger partial charge in [0.1, 0.15) is 22.9 Å². The number of fused-ring (bicyclic) bond motifs is 2. The number of aromatic nitrogens is 2. The summed E-state index contributed by atoms with van der Waals surface area (Å²) >= 11 is 6.25. The molecule has 4 aliphatic rings. The quantitative estimate of drug-likeness (QED) is 0.0925. The Labute approximate surface area is 377 Å². The number of rotatable bonds is 12. The Morgan fingerprint density at radius 3 is 2.56 bits per heavy atom. The van der Waals surface area contributed by atoms with E-state index in [-0.39, 0.29) is 40.7 Å². The molecule has 15 nitrogen and oxygen atoms in total. The second-order valence-electron chi connectivity index (χ2n) is 18.0. The van der Waals surface area contributed by atoms with Crippen LogP contribution in [0.15, 0.2) is 89.6 Å². The van der Waals surface area contributed by atoms with E-state index in [1.54, 1.807) is 30.5 Å². The molecular weight excluding hydrogens is 858 g/mol. The lowest BCUT2D eigenvalue weighted by molar-refractivity contribution is -0.386. The lowest BCUT2D eigenvalue weighted by atomic mass is 9.72. The molecule has 5 heterocycles. The molecule has 3 aliphatic heterocycles. The highest BCUT2D eigenvalue weighted by atomic mass is 35.5. The molecule has 1 atom stereocenters. The maximum absolute atomic E-state index is 14.1. The first-order chi connectivity index (χ1) is 30.8. The Morgan fingerprint density at radius 2 is 1.80 bits per heavy atom. The minimum Gasteiger partial charge on any atom is -0.493 e. The summed E-state index contributed by atoms with van der Waals surface area (Å²) in [5, 5.41) is 13.9. The number of pyridine rings is 1. The largest absolute Gasteiger partial charge is 0.493 e. The zero-order valence-corrected chi connectivity index (χ0v) is 37.6. The lowest BCUT2D eigenvalue weighted by Crippen LogP contribution is -2.47. The van der Waals surface area contributed by atoms with E-state index in [4.69, 9.17) is 25.8 Å². The molecule has 3 aromatic carbocycles. The molecule has 2 N–H and O–H groups in total. The standard InChI is InChI=1S/C47H52ClN7O8S/c1-47(2)11-9-34(41(26-47)32-3-5-35(48)6-4-32)29-52-13-15-54(16-14-52)36-7-8-39(44(23-36)63-37-22-33-10-12-49-45(33)50-27-37)46(56)51-64(59,60)38-24-42(55(57)58)40-21-31(30-62-43(40)25-38)28-53-17-19-61-20-18-53/h3-8,10,12,22-25,27,31H,9,11,13-21,26,28-30H2,1-2H3,(H,49,50)(H,51,56)/t31-/m0/s1. The van der Waals surface area contributed by atoms with Crippen LogP contribution < -0.4 is 19.1 Å². The van der Waals surface area contributed by atoms with E-state index in [1.165, 1.54) is 29.0 Å². The molecule has 64 heavy (non-hydrogen) atoms. The number of halogens is 1. The number of nitro benzene ring substituents is 1. The second-order valence-corrected chi connectivity index (χ2v) is 20.1. The summed E-state index contributed by atoms with van der Waals surface area (Å²) in [6, 6.07) is 19.1. The van der Waals surface area contributed by atoms with Crippen LogP contribution in [0.5, 0.6) is 17.2 Å². The smallest absolute Gasteiger partial charge is 0.277 e. The fourth-order valence-corrected chi connectivity index (χ4v) is 10.4. The normalized spacial score (nSPS) is 19.5. The minimum absolute atomic E-state index is 0.0223. The number of morpholine rings is 1. The number of carbonyl (C=O) groups is 1. The first-order valence-electron chi connectivity index (χ1n) is 21.8. The molecular formula is C47H52ClN7O8S. The maximum Gasteiger partial charge on any atom is 0.277 e. The van der Waals surface area contributed by atoms with E-state index >= 15 is 0 Å². The van der Waals surface area contributed by atoms with Crippen molar-refractivity contribution in [2.24, 2.45) is 11.3 Å². The van der Waals surface area contributed by atoms with Gasteiger partial charge in [0.25, 0.3) is 21.6 Å². The lowest BCUT2D eigenvalue weighted by Gasteiger charge is -2.39. The monoisotopic (exact) mass is 909 g/mol. The Kier molecular flexibility index (Phi) is 12.4. The number of nitrogens with zero attached hydrogens (tertiary/aromatic N) is 5. The predicted octanol–water partition coefficient (Wildman–Crippen LogP) is 7.70. The topological polar surface area (TPSA) is 172 Å². The van der Waals surface area contributed by atoms with Gasteiger partial charge in [-0.05, 0) is 78.6 Å². The Hall–Kier alpha value is -5.52. The van der Waals surface area contributed by atoms with Gasteiger partial charge in [0, 0.05) is 98.8 Å². The fourth-order valence-electron chi connectivity index (χ4n) is 9.30. The van der Waals surface area contributed by atoms with Crippen LogP contribution in [-0.2, 0) is 21.2 Å². The molecule has 9 rings (SSSR count). The van der Waals surface area contributed by atoms with E-state index in [2.05, 4.69) is 55.4 Å². The van der Waals surface area contributed by atoms with E-state index in [0.29, 0.717) is 43.1 Å². The molecule has 336 valence electrons. The van der Waals surface area contributed by atoms with Crippen LogP contribution in [0.2, 0.25) is 5.02 Å². The van der Waals surface area contributed by atoms with Crippen molar-refractivity contribution in [3.8, 4) is 17.2 Å². The summed E-state index contributed by atoms with van der Waals surface area (Å²) in [7, 11) is -4.63. The number of aromatic amines is 1. The number of nitrogens with one attached hydrogen (secondary N) is 2. The van der Waals surface area contributed by atoms with Crippen molar-refractivity contribution < 1.29 is 32.3 Å². The zero-order chi connectivity index (χ0) is 44.6. The Balaban J connectivity index is 0.938. The molecule has 17 heteroatoms. The zero-order valence-electron chi connectivity index (χ0n) is 36.0. The highest BCUT2D eigenvalue weighted by Crippen LogP contribution is 2.44. The van der Waals surface area contributed by atoms with E-state index in [1.807, 2.05) is 18.2 Å². The van der Waals surface area contributed by atoms with Crippen molar-refractivity contribution in [3.05, 3.63) is 117 Å². The molecule has 0 bridgehead atoms. The van der Waals surface area contributed by atoms with Crippen LogP contribution >= 0.6 is 11.6 Å². The van der Waals surface area contributed by atoms with Crippen LogP contribution in [0.25, 0.3) is 16.6 Å². The van der Waals surface area contributed by atoms with Crippen molar-refractivity contribution in [2.75, 3.05) is 77.1 Å². The molecule has 0 unspecified atom stereocenters. The molecule has 1 aliphatic carbocycles. The molecule has 0 saturated carbocycles. The SMILES string of the molecule is CC1(C)CCC(CN2CCN(c3ccc(C(=O)NS(=O)(=O)c4cc5c(c([N+](=O)[O-])c4)C[C@@H](CN4CCOCC4)CO5)c(Oc4cnc5[nH]ccc5c4)c3)CC2)=C(c2ccc(Cl)cc2)C1. The number of allylic oxidation sites excluding steroid dienone is 1. The summed E-state index contributed by atoms with van der Waals surface area (Å²) < 4.78 is 47.8. The average molecular weight is 910 g/mol. The highest BCUT2D eigenvalue weighted by Gasteiger charge is 2.34. The molecule has 2 fully saturated rings. The van der Waals surface area contributed by atoms with Crippen LogP contribution in [0.1, 0.15) is 54.6 Å². The van der Waals surface area contributed by atoms with Gasteiger partial charge in [0.15, 0.2) is 0 Å². The predicted molar refractivity (Wildman–Crippen MR) is 245 cm³/mol. The molecule has 1 amide bonds. The summed E-state index contributed by atoms with van der Waals surface area (Å²) in [4.78, 5) is 39.8. The third-order valence-electron chi connectivity index (χ3n) is 12.8. The van der Waals surface area contributed by atoms with Gasteiger partial charge in [-0.15, -0.1) is 0 Å². The first kappa shape index (κ1) is 43.7. The number of piperazine rings is 1.